The number of hydrogen-bond donors (Lipinski definition) is 0. The molecule has 6 heteroatoms. The molecule has 4 aromatic rings. The van der Waals surface area contributed by atoms with Gasteiger partial charge in [-0.15, -0.1) is 22.0 Å². The summed E-state index contributed by atoms with van der Waals surface area (Å²) in [6.45, 7) is 2.08. The van der Waals surface area contributed by atoms with Gasteiger partial charge in [-0.05, 0) is 31.2 Å². The molecule has 0 radical (unpaired) electrons. The van der Waals surface area contributed by atoms with Gasteiger partial charge in [0, 0.05) is 11.9 Å². The van der Waals surface area contributed by atoms with E-state index in [0.29, 0.717) is 16.9 Å². The summed E-state index contributed by atoms with van der Waals surface area (Å²) in [5.41, 5.74) is 2.04. The van der Waals surface area contributed by atoms with Crippen LogP contribution in [0.3, 0.4) is 0 Å². The van der Waals surface area contributed by atoms with Crippen molar-refractivity contribution in [2.75, 3.05) is 0 Å². The smallest absolute Gasteiger partial charge is 0.262 e. The van der Waals surface area contributed by atoms with E-state index in [1.165, 1.54) is 10.5 Å². The maximum atomic E-state index is 12.4. The molecule has 0 amide bonds. The van der Waals surface area contributed by atoms with Crippen LogP contribution in [0.25, 0.3) is 16.7 Å². The molecular formula is C18H16N4OS. The molecule has 0 bridgehead atoms. The fraction of sp³-hybridized carbons (Fsp3) is 0.167. The molecule has 0 unspecified atom stereocenters. The van der Waals surface area contributed by atoms with Crippen molar-refractivity contribution in [1.29, 1.82) is 0 Å². The van der Waals surface area contributed by atoms with Gasteiger partial charge in [0.05, 0.1) is 16.7 Å². The average molecular weight is 336 g/mol. The van der Waals surface area contributed by atoms with Gasteiger partial charge in [0.2, 0.25) is 5.78 Å². The Kier molecular flexibility index (Phi) is 3.61. The molecule has 0 aliphatic carbocycles. The highest BCUT2D eigenvalue weighted by atomic mass is 32.2. The van der Waals surface area contributed by atoms with Crippen molar-refractivity contribution in [2.24, 2.45) is 7.05 Å². The Morgan fingerprint density at radius 1 is 1.04 bits per heavy atom. The lowest BCUT2D eigenvalue weighted by molar-refractivity contribution is 0.858. The quantitative estimate of drug-likeness (QED) is 0.539. The summed E-state index contributed by atoms with van der Waals surface area (Å²) < 4.78 is 3.52. The molecule has 0 saturated carbocycles. The van der Waals surface area contributed by atoms with Crippen LogP contribution in [0.1, 0.15) is 11.4 Å². The van der Waals surface area contributed by atoms with Crippen LogP contribution in [-0.4, -0.2) is 19.2 Å². The van der Waals surface area contributed by atoms with Crippen LogP contribution < -0.4 is 5.56 Å². The molecule has 0 atom stereocenters. The molecule has 2 aromatic heterocycles. The molecular weight excluding hydrogens is 320 g/mol. The Labute approximate surface area is 143 Å². The first kappa shape index (κ1) is 15.0. The summed E-state index contributed by atoms with van der Waals surface area (Å²) in [6, 6.07) is 16.0. The largest absolute Gasteiger partial charge is 0.279 e. The van der Waals surface area contributed by atoms with Gasteiger partial charge in [-0.2, -0.15) is 0 Å². The highest BCUT2D eigenvalue weighted by molar-refractivity contribution is 7.98. The molecule has 0 aliphatic heterocycles. The zero-order valence-electron chi connectivity index (χ0n) is 13.4. The standard InChI is InChI=1S/C18H16N4OS/c1-12-7-9-13(10-8-12)24-11-16-19-20-18-21(2)17(23)14-5-3-4-6-15(14)22(16)18/h3-10H,11H2,1-2H3. The lowest BCUT2D eigenvalue weighted by atomic mass is 10.2. The van der Waals surface area contributed by atoms with Gasteiger partial charge in [0.15, 0.2) is 0 Å². The molecule has 2 aromatic carbocycles. The Morgan fingerprint density at radius 2 is 1.79 bits per heavy atom. The number of nitrogens with zero attached hydrogens (tertiary/aromatic N) is 4. The van der Waals surface area contributed by atoms with E-state index in [1.807, 2.05) is 28.7 Å². The zero-order chi connectivity index (χ0) is 16.7. The normalized spacial score (nSPS) is 11.4. The molecule has 2 heterocycles. The van der Waals surface area contributed by atoms with Crippen molar-refractivity contribution in [2.45, 2.75) is 17.6 Å². The highest BCUT2D eigenvalue weighted by Gasteiger charge is 2.14. The Balaban J connectivity index is 1.82. The van der Waals surface area contributed by atoms with E-state index in [9.17, 15) is 4.79 Å². The van der Waals surface area contributed by atoms with Crippen molar-refractivity contribution in [3.8, 4) is 0 Å². The predicted molar refractivity (Wildman–Crippen MR) is 96.5 cm³/mol. The molecule has 24 heavy (non-hydrogen) atoms. The van der Waals surface area contributed by atoms with Crippen LogP contribution in [0, 0.1) is 6.92 Å². The summed E-state index contributed by atoms with van der Waals surface area (Å²) in [5.74, 6) is 2.09. The lowest BCUT2D eigenvalue weighted by Crippen LogP contribution is -2.20. The minimum absolute atomic E-state index is 0.0526. The van der Waals surface area contributed by atoms with Gasteiger partial charge in [0.25, 0.3) is 5.56 Å². The molecule has 0 spiro atoms. The maximum absolute atomic E-state index is 12.4. The van der Waals surface area contributed by atoms with Crippen LogP contribution in [-0.2, 0) is 12.8 Å². The number of fused-ring (bicyclic) bond motifs is 3. The second-order valence-corrected chi connectivity index (χ2v) is 6.78. The third-order valence-electron chi connectivity index (χ3n) is 4.08. The molecule has 0 saturated heterocycles. The van der Waals surface area contributed by atoms with Crippen LogP contribution in [0.15, 0.2) is 58.2 Å². The van der Waals surface area contributed by atoms with Crippen molar-refractivity contribution < 1.29 is 0 Å². The topological polar surface area (TPSA) is 52.2 Å². The minimum atomic E-state index is -0.0526. The second kappa shape index (κ2) is 5.79. The van der Waals surface area contributed by atoms with Crippen LogP contribution >= 0.6 is 11.8 Å². The fourth-order valence-electron chi connectivity index (χ4n) is 2.77. The summed E-state index contributed by atoms with van der Waals surface area (Å²) in [4.78, 5) is 13.6. The number of thioether (sulfide) groups is 1. The van der Waals surface area contributed by atoms with E-state index >= 15 is 0 Å². The minimum Gasteiger partial charge on any atom is -0.279 e. The first-order valence-electron chi connectivity index (χ1n) is 7.66. The van der Waals surface area contributed by atoms with Gasteiger partial charge in [-0.25, -0.2) is 0 Å². The molecule has 0 aliphatic rings. The van der Waals surface area contributed by atoms with E-state index in [4.69, 9.17) is 0 Å². The first-order valence-corrected chi connectivity index (χ1v) is 8.65. The maximum Gasteiger partial charge on any atom is 0.262 e. The third-order valence-corrected chi connectivity index (χ3v) is 5.09. The Hall–Kier alpha value is -2.60. The van der Waals surface area contributed by atoms with E-state index < -0.39 is 0 Å². The van der Waals surface area contributed by atoms with Gasteiger partial charge >= 0.3 is 0 Å². The number of hydrogen-bond acceptors (Lipinski definition) is 4. The fourth-order valence-corrected chi connectivity index (χ4v) is 3.58. The predicted octanol–water partition coefficient (Wildman–Crippen LogP) is 3.18. The molecule has 4 rings (SSSR count). The molecule has 120 valence electrons. The highest BCUT2D eigenvalue weighted by Crippen LogP contribution is 2.23. The zero-order valence-corrected chi connectivity index (χ0v) is 14.2. The van der Waals surface area contributed by atoms with Gasteiger partial charge in [-0.3, -0.25) is 13.8 Å². The molecule has 5 nitrogen and oxygen atoms in total. The monoisotopic (exact) mass is 336 g/mol. The molecule has 0 fully saturated rings. The van der Waals surface area contributed by atoms with Crippen LogP contribution in [0.4, 0.5) is 0 Å². The van der Waals surface area contributed by atoms with Gasteiger partial charge in [0.1, 0.15) is 5.82 Å². The van der Waals surface area contributed by atoms with Crippen molar-refractivity contribution in [3.63, 3.8) is 0 Å². The van der Waals surface area contributed by atoms with Crippen molar-refractivity contribution in [1.82, 2.24) is 19.2 Å². The summed E-state index contributed by atoms with van der Waals surface area (Å²) in [5, 5.41) is 9.21. The van der Waals surface area contributed by atoms with Crippen LogP contribution in [0.2, 0.25) is 0 Å². The van der Waals surface area contributed by atoms with Crippen molar-refractivity contribution in [3.05, 3.63) is 70.3 Å². The van der Waals surface area contributed by atoms with E-state index in [-0.39, 0.29) is 5.56 Å². The average Bonchev–Trinajstić information content (AvgIpc) is 3.03. The van der Waals surface area contributed by atoms with Gasteiger partial charge in [-0.1, -0.05) is 29.8 Å². The number of rotatable bonds is 3. The number of benzene rings is 2. The second-order valence-electron chi connectivity index (χ2n) is 5.73. The number of aryl methyl sites for hydroxylation is 2. The Morgan fingerprint density at radius 3 is 2.58 bits per heavy atom. The molecule has 0 N–H and O–H groups in total. The lowest BCUT2D eigenvalue weighted by Gasteiger charge is -2.07. The third kappa shape index (κ3) is 2.39. The number of aromatic nitrogens is 4. The number of para-hydroxylation sites is 1. The summed E-state index contributed by atoms with van der Waals surface area (Å²) >= 11 is 1.71. The summed E-state index contributed by atoms with van der Waals surface area (Å²) in [7, 11) is 1.73. The van der Waals surface area contributed by atoms with Crippen molar-refractivity contribution >= 4 is 28.4 Å². The van der Waals surface area contributed by atoms with E-state index in [0.717, 1.165) is 11.3 Å². The first-order chi connectivity index (χ1) is 11.6. The summed E-state index contributed by atoms with van der Waals surface area (Å²) in [6.07, 6.45) is 0. The van der Waals surface area contributed by atoms with E-state index in [1.54, 1.807) is 23.4 Å². The SMILES string of the molecule is Cc1ccc(SCc2nnc3n(C)c(=O)c4ccccc4n23)cc1. The van der Waals surface area contributed by atoms with Crippen LogP contribution in [0.5, 0.6) is 0 Å². The van der Waals surface area contributed by atoms with E-state index in [2.05, 4.69) is 41.4 Å². The van der Waals surface area contributed by atoms with Gasteiger partial charge < -0.3 is 0 Å². The Bertz CT molecular complexity index is 1100.